The van der Waals surface area contributed by atoms with Crippen LogP contribution in [0.15, 0.2) is 54.6 Å². The lowest BCUT2D eigenvalue weighted by molar-refractivity contribution is 0.368. The van der Waals surface area contributed by atoms with Crippen LogP contribution in [0.25, 0.3) is 0 Å². The van der Waals surface area contributed by atoms with E-state index in [2.05, 4.69) is 143 Å². The number of phenols is 3. The molecule has 3 rings (SSSR count). The Bertz CT molecular complexity index is 1290. The van der Waals surface area contributed by atoms with Crippen LogP contribution >= 0.6 is 8.60 Å². The Balaban J connectivity index is 0.000000667. The van der Waals surface area contributed by atoms with Crippen molar-refractivity contribution in [3.63, 3.8) is 0 Å². The second-order valence-corrected chi connectivity index (χ2v) is 19.5. The number of rotatable bonds is 0. The maximum Gasteiger partial charge on any atom is 0.324 e. The monoisotopic (exact) mass is 700 g/mol. The molecule has 0 radical (unpaired) electrons. The van der Waals surface area contributed by atoms with Crippen LogP contribution in [-0.2, 0) is 32.5 Å². The molecule has 0 atom stereocenters. The number of aromatic hydroxyl groups is 3. The first-order valence-corrected chi connectivity index (χ1v) is 18.2. The molecule has 0 fully saturated rings. The highest BCUT2D eigenvalue weighted by atomic mass is 31.2. The maximum atomic E-state index is 9.99. The SMILES string of the molecule is CC(C)(C)c1ccc(C(C)(C)C)c(O)c1.CC(C)(C)c1ccc(C(C)(C)C)c(O)c1.CC(C)(C)c1ccc(C(C)(C)C)c(O)c1.OP(O)O. The molecule has 0 aliphatic heterocycles. The zero-order valence-electron chi connectivity index (χ0n) is 33.8. The van der Waals surface area contributed by atoms with Gasteiger partial charge in [0, 0.05) is 0 Å². The highest BCUT2D eigenvalue weighted by Crippen LogP contribution is 2.36. The van der Waals surface area contributed by atoms with Gasteiger partial charge in [0.1, 0.15) is 17.2 Å². The van der Waals surface area contributed by atoms with Crippen molar-refractivity contribution in [3.8, 4) is 17.2 Å². The Morgan fingerprint density at radius 3 is 0.592 bits per heavy atom. The van der Waals surface area contributed by atoms with Gasteiger partial charge in [-0.2, -0.15) is 0 Å². The van der Waals surface area contributed by atoms with Gasteiger partial charge in [-0.25, -0.2) is 0 Å². The van der Waals surface area contributed by atoms with Crippen LogP contribution in [0.4, 0.5) is 0 Å². The fourth-order valence-electron chi connectivity index (χ4n) is 4.90. The third kappa shape index (κ3) is 16.3. The van der Waals surface area contributed by atoms with Gasteiger partial charge in [-0.3, -0.25) is 0 Å². The minimum atomic E-state index is -2.62. The standard InChI is InChI=1S/3C14H22O.H3O3P/c3*1-13(2,3)10-7-8-11(12(15)9-10)14(4,5)6;1-4(2)3/h3*7-9,15H,1-6H3;1-3H. The molecule has 0 saturated heterocycles. The van der Waals surface area contributed by atoms with Crippen molar-refractivity contribution in [3.05, 3.63) is 88.0 Å². The molecule has 0 saturated carbocycles. The van der Waals surface area contributed by atoms with E-state index in [1.54, 1.807) is 0 Å². The summed E-state index contributed by atoms with van der Waals surface area (Å²) in [4.78, 5) is 21.7. The Morgan fingerprint density at radius 1 is 0.327 bits per heavy atom. The molecule has 3 aromatic carbocycles. The lowest BCUT2D eigenvalue weighted by atomic mass is 9.81. The summed E-state index contributed by atoms with van der Waals surface area (Å²) in [6.45, 7) is 38.4. The average Bonchev–Trinajstić information content (AvgIpc) is 2.85. The van der Waals surface area contributed by atoms with Crippen molar-refractivity contribution >= 4 is 8.60 Å². The van der Waals surface area contributed by atoms with Gasteiger partial charge in [0.25, 0.3) is 0 Å². The van der Waals surface area contributed by atoms with Crippen LogP contribution in [-0.4, -0.2) is 30.0 Å². The zero-order chi connectivity index (χ0) is 39.1. The van der Waals surface area contributed by atoms with Crippen LogP contribution in [0.5, 0.6) is 17.2 Å². The van der Waals surface area contributed by atoms with Crippen molar-refractivity contribution in [1.29, 1.82) is 0 Å². The predicted molar refractivity (Wildman–Crippen MR) is 210 cm³/mol. The molecule has 0 aliphatic carbocycles. The van der Waals surface area contributed by atoms with Crippen LogP contribution in [0.2, 0.25) is 0 Å². The predicted octanol–water partition coefficient (Wildman–Crippen LogP) is 11.2. The number of hydrogen-bond acceptors (Lipinski definition) is 6. The molecular formula is C42H69O6P. The molecule has 0 amide bonds. The Labute approximate surface area is 300 Å². The highest BCUT2D eigenvalue weighted by Gasteiger charge is 2.23. The fourth-order valence-corrected chi connectivity index (χ4v) is 4.90. The van der Waals surface area contributed by atoms with Gasteiger partial charge in [0.05, 0.1) is 0 Å². The van der Waals surface area contributed by atoms with E-state index >= 15 is 0 Å². The van der Waals surface area contributed by atoms with Crippen molar-refractivity contribution in [2.45, 2.75) is 157 Å². The Hall–Kier alpha value is -2.63. The van der Waals surface area contributed by atoms with E-state index in [-0.39, 0.29) is 32.5 Å². The molecule has 7 heteroatoms. The molecule has 0 heterocycles. The number of benzene rings is 3. The average molecular weight is 701 g/mol. The Morgan fingerprint density at radius 2 is 0.490 bits per heavy atom. The second-order valence-electron chi connectivity index (χ2n) is 19.0. The molecule has 49 heavy (non-hydrogen) atoms. The number of hydrogen-bond donors (Lipinski definition) is 6. The van der Waals surface area contributed by atoms with E-state index in [0.29, 0.717) is 17.2 Å². The minimum absolute atomic E-state index is 0.000494. The van der Waals surface area contributed by atoms with Gasteiger partial charge < -0.3 is 30.0 Å². The van der Waals surface area contributed by atoms with E-state index in [4.69, 9.17) is 14.7 Å². The zero-order valence-corrected chi connectivity index (χ0v) is 34.7. The van der Waals surface area contributed by atoms with Crippen molar-refractivity contribution < 1.29 is 30.0 Å². The topological polar surface area (TPSA) is 121 Å². The van der Waals surface area contributed by atoms with Gasteiger partial charge >= 0.3 is 8.60 Å². The summed E-state index contributed by atoms with van der Waals surface area (Å²) in [5.74, 6) is 1.24. The van der Waals surface area contributed by atoms with Gasteiger partial charge in [-0.1, -0.05) is 161 Å². The minimum Gasteiger partial charge on any atom is -0.508 e. The lowest BCUT2D eigenvalue weighted by Gasteiger charge is -2.24. The van der Waals surface area contributed by atoms with E-state index < -0.39 is 8.60 Å². The fraction of sp³-hybridized carbons (Fsp3) is 0.571. The largest absolute Gasteiger partial charge is 0.508 e. The van der Waals surface area contributed by atoms with E-state index in [1.165, 1.54) is 16.7 Å². The van der Waals surface area contributed by atoms with Crippen molar-refractivity contribution in [2.24, 2.45) is 0 Å². The third-order valence-electron chi connectivity index (χ3n) is 8.02. The molecule has 6 nitrogen and oxygen atoms in total. The first-order chi connectivity index (χ1) is 21.6. The van der Waals surface area contributed by atoms with Crippen LogP contribution < -0.4 is 0 Å². The van der Waals surface area contributed by atoms with Crippen molar-refractivity contribution in [2.75, 3.05) is 0 Å². The smallest absolute Gasteiger partial charge is 0.324 e. The van der Waals surface area contributed by atoms with Gasteiger partial charge in [-0.05, 0) is 84.1 Å². The molecule has 0 bridgehead atoms. The molecular weight excluding hydrogens is 631 g/mol. The van der Waals surface area contributed by atoms with E-state index in [9.17, 15) is 15.3 Å². The number of phenolic OH excluding ortho intramolecular Hbond substituents is 3. The molecule has 6 N–H and O–H groups in total. The van der Waals surface area contributed by atoms with Crippen LogP contribution in [0, 0.1) is 0 Å². The molecule has 3 aromatic rings. The first kappa shape index (κ1) is 46.4. The lowest BCUT2D eigenvalue weighted by Crippen LogP contribution is -2.14. The Kier molecular flexibility index (Phi) is 16.1. The summed E-state index contributed by atoms with van der Waals surface area (Å²) in [5.41, 5.74) is 6.83. The van der Waals surface area contributed by atoms with Crippen LogP contribution in [0.3, 0.4) is 0 Å². The summed E-state index contributed by atoms with van der Waals surface area (Å²) in [6.07, 6.45) is 0. The molecule has 0 aromatic heterocycles. The summed E-state index contributed by atoms with van der Waals surface area (Å²) < 4.78 is 0. The summed E-state index contributed by atoms with van der Waals surface area (Å²) in [6, 6.07) is 18.1. The molecule has 0 spiro atoms. The quantitative estimate of drug-likeness (QED) is 0.130. The maximum absolute atomic E-state index is 9.99. The summed E-state index contributed by atoms with van der Waals surface area (Å²) >= 11 is 0. The normalized spacial score (nSPS) is 12.6. The third-order valence-corrected chi connectivity index (χ3v) is 8.02. The van der Waals surface area contributed by atoms with E-state index in [0.717, 1.165) is 16.7 Å². The molecule has 0 unspecified atom stereocenters. The molecule has 0 aliphatic rings. The second kappa shape index (κ2) is 17.1. The van der Waals surface area contributed by atoms with E-state index in [1.807, 2.05) is 36.4 Å². The van der Waals surface area contributed by atoms with Gasteiger partial charge in [-0.15, -0.1) is 0 Å². The van der Waals surface area contributed by atoms with Crippen LogP contribution in [0.1, 0.15) is 158 Å². The molecule has 278 valence electrons. The van der Waals surface area contributed by atoms with Gasteiger partial charge in [0.2, 0.25) is 0 Å². The van der Waals surface area contributed by atoms with Gasteiger partial charge in [0.15, 0.2) is 0 Å². The van der Waals surface area contributed by atoms with Crippen molar-refractivity contribution in [1.82, 2.24) is 0 Å². The summed E-state index contributed by atoms with van der Waals surface area (Å²) in [5, 5.41) is 30.0. The first-order valence-electron chi connectivity index (χ1n) is 17.0. The summed E-state index contributed by atoms with van der Waals surface area (Å²) in [7, 11) is -2.62. The highest BCUT2D eigenvalue weighted by molar-refractivity contribution is 7.38.